The molecule has 0 atom stereocenters. The van der Waals surface area contributed by atoms with E-state index in [9.17, 15) is 13.2 Å². The van der Waals surface area contributed by atoms with E-state index in [-0.39, 0.29) is 10.8 Å². The largest absolute Gasteiger partial charge is 0.324 e. The van der Waals surface area contributed by atoms with Crippen molar-refractivity contribution in [2.24, 2.45) is 0 Å². The second kappa shape index (κ2) is 6.43. The Labute approximate surface area is 176 Å². The monoisotopic (exact) mass is 472 g/mol. The summed E-state index contributed by atoms with van der Waals surface area (Å²) in [5, 5.41) is 7.07. The molecule has 5 rings (SSSR count). The van der Waals surface area contributed by atoms with E-state index in [1.807, 2.05) is 0 Å². The zero-order chi connectivity index (χ0) is 20.2. The number of sulfonamides is 1. The zero-order valence-electron chi connectivity index (χ0n) is 15.2. The van der Waals surface area contributed by atoms with Crippen LogP contribution in [0.25, 0.3) is 5.69 Å². The minimum absolute atomic E-state index is 0.00798. The second-order valence-electron chi connectivity index (χ2n) is 7.32. The Kier molecular flexibility index (Phi) is 4.08. The molecule has 148 valence electrons. The van der Waals surface area contributed by atoms with Crippen LogP contribution in [0.5, 0.6) is 0 Å². The highest BCUT2D eigenvalue weighted by atomic mass is 79.9. The van der Waals surface area contributed by atoms with E-state index in [0.717, 1.165) is 30.5 Å². The molecule has 7 nitrogen and oxygen atoms in total. The Bertz CT molecular complexity index is 1230. The summed E-state index contributed by atoms with van der Waals surface area (Å²) in [7, 11) is -3.82. The van der Waals surface area contributed by atoms with Crippen LogP contribution in [0, 0.1) is 0 Å². The molecule has 0 unspecified atom stereocenters. The summed E-state index contributed by atoms with van der Waals surface area (Å²) < 4.78 is 30.9. The first-order chi connectivity index (χ1) is 13.9. The van der Waals surface area contributed by atoms with Crippen LogP contribution in [0.1, 0.15) is 24.8 Å². The lowest BCUT2D eigenvalue weighted by Crippen LogP contribution is -2.40. The molecule has 29 heavy (non-hydrogen) atoms. The highest BCUT2D eigenvalue weighted by Crippen LogP contribution is 2.53. The summed E-state index contributed by atoms with van der Waals surface area (Å²) in [6.07, 6.45) is 5.92. The van der Waals surface area contributed by atoms with Crippen molar-refractivity contribution in [2.75, 3.05) is 10.0 Å². The highest BCUT2D eigenvalue weighted by Gasteiger charge is 2.51. The Balaban J connectivity index is 1.50. The molecule has 9 heteroatoms. The van der Waals surface area contributed by atoms with E-state index >= 15 is 0 Å². The van der Waals surface area contributed by atoms with Crippen molar-refractivity contribution in [1.29, 1.82) is 0 Å². The maximum atomic E-state index is 13.0. The molecule has 1 saturated carbocycles. The molecule has 1 spiro atoms. The van der Waals surface area contributed by atoms with E-state index in [1.54, 1.807) is 53.5 Å². The Morgan fingerprint density at radius 1 is 1.17 bits per heavy atom. The average molecular weight is 473 g/mol. The molecule has 3 aromatic rings. The van der Waals surface area contributed by atoms with Crippen LogP contribution in [0.2, 0.25) is 0 Å². The van der Waals surface area contributed by atoms with Crippen molar-refractivity contribution in [2.45, 2.75) is 29.6 Å². The quantitative estimate of drug-likeness (QED) is 0.603. The first kappa shape index (κ1) is 18.4. The molecule has 0 saturated heterocycles. The predicted octanol–water partition coefficient (Wildman–Crippen LogP) is 3.81. The number of rotatable bonds is 4. The van der Waals surface area contributed by atoms with Gasteiger partial charge in [0.2, 0.25) is 5.91 Å². The molecule has 2 heterocycles. The van der Waals surface area contributed by atoms with Gasteiger partial charge in [-0.25, -0.2) is 13.1 Å². The maximum absolute atomic E-state index is 13.0. The number of hydrogen-bond acceptors (Lipinski definition) is 4. The first-order valence-electron chi connectivity index (χ1n) is 9.17. The number of hydrogen-bond donors (Lipinski definition) is 2. The first-order valence-corrected chi connectivity index (χ1v) is 11.5. The number of benzene rings is 2. The normalized spacial score (nSPS) is 16.9. The number of nitrogens with zero attached hydrogens (tertiary/aromatic N) is 2. The molecule has 2 aliphatic rings. The number of halogens is 1. The molecule has 2 N–H and O–H groups in total. The Hall–Kier alpha value is -2.65. The van der Waals surface area contributed by atoms with Gasteiger partial charge in [0.05, 0.1) is 27.4 Å². The number of nitrogens with one attached hydrogen (secondary N) is 2. The van der Waals surface area contributed by atoms with Crippen molar-refractivity contribution in [3.8, 4) is 5.69 Å². The SMILES string of the molecule is O=C1Nc2c(Br)cc(NS(=O)(=O)c3cccc(-n4cccn4)c3)cc2C12CCC2. The molecular weight excluding hydrogens is 456 g/mol. The standard InChI is InChI=1S/C20H17BrN4O3S/c21-17-11-13(10-16-18(17)23-19(26)20(16)6-2-7-20)24-29(27,28)15-5-1-4-14(12-15)25-9-3-8-22-25/h1,3-5,8-12,24H,2,6-7H2,(H,23,26). The molecule has 2 aromatic carbocycles. The van der Waals surface area contributed by atoms with Crippen LogP contribution in [-0.4, -0.2) is 24.1 Å². The van der Waals surface area contributed by atoms with Crippen LogP contribution >= 0.6 is 15.9 Å². The summed E-state index contributed by atoms with van der Waals surface area (Å²) in [5.74, 6) is -0.00798. The van der Waals surface area contributed by atoms with Gasteiger partial charge in [-0.1, -0.05) is 12.5 Å². The number of anilines is 2. The van der Waals surface area contributed by atoms with Gasteiger partial charge in [0.15, 0.2) is 0 Å². The molecule has 1 fully saturated rings. The minimum atomic E-state index is -3.82. The van der Waals surface area contributed by atoms with Crippen molar-refractivity contribution < 1.29 is 13.2 Å². The van der Waals surface area contributed by atoms with Gasteiger partial charge < -0.3 is 5.32 Å². The number of amides is 1. The van der Waals surface area contributed by atoms with Gasteiger partial charge in [-0.2, -0.15) is 5.10 Å². The fraction of sp³-hybridized carbons (Fsp3) is 0.200. The lowest BCUT2D eigenvalue weighted by Gasteiger charge is -2.36. The fourth-order valence-electron chi connectivity index (χ4n) is 3.98. The van der Waals surface area contributed by atoms with E-state index in [4.69, 9.17) is 0 Å². The van der Waals surface area contributed by atoms with Crippen molar-refractivity contribution >= 4 is 43.2 Å². The third-order valence-corrected chi connectivity index (χ3v) is 7.64. The van der Waals surface area contributed by atoms with Gasteiger partial charge in [-0.3, -0.25) is 9.52 Å². The average Bonchev–Trinajstić information content (AvgIpc) is 3.27. The van der Waals surface area contributed by atoms with Gasteiger partial charge in [0.25, 0.3) is 10.0 Å². The molecule has 1 aliphatic heterocycles. The Morgan fingerprint density at radius 2 is 2.00 bits per heavy atom. The van der Waals surface area contributed by atoms with Gasteiger partial charge in [-0.05, 0) is 70.7 Å². The molecule has 1 aliphatic carbocycles. The van der Waals surface area contributed by atoms with Gasteiger partial charge in [0, 0.05) is 16.9 Å². The molecular formula is C20H17BrN4O3S. The lowest BCUT2D eigenvalue weighted by molar-refractivity contribution is -0.123. The minimum Gasteiger partial charge on any atom is -0.324 e. The molecule has 1 aromatic heterocycles. The third-order valence-electron chi connectivity index (χ3n) is 5.64. The van der Waals surface area contributed by atoms with Crippen molar-refractivity contribution in [1.82, 2.24) is 9.78 Å². The topological polar surface area (TPSA) is 93.1 Å². The van der Waals surface area contributed by atoms with Crippen LogP contribution in [0.4, 0.5) is 11.4 Å². The number of carbonyl (C=O) groups excluding carboxylic acids is 1. The van der Waals surface area contributed by atoms with Crippen molar-refractivity contribution in [3.63, 3.8) is 0 Å². The summed E-state index contributed by atoms with van der Waals surface area (Å²) >= 11 is 3.47. The van der Waals surface area contributed by atoms with Crippen LogP contribution in [-0.2, 0) is 20.2 Å². The van der Waals surface area contributed by atoms with E-state index in [1.165, 1.54) is 6.07 Å². The van der Waals surface area contributed by atoms with E-state index in [0.29, 0.717) is 15.8 Å². The smallest absolute Gasteiger partial charge is 0.261 e. The van der Waals surface area contributed by atoms with Gasteiger partial charge in [0.1, 0.15) is 0 Å². The van der Waals surface area contributed by atoms with Crippen molar-refractivity contribution in [3.05, 3.63) is 64.9 Å². The molecule has 0 radical (unpaired) electrons. The van der Waals surface area contributed by atoms with Crippen LogP contribution in [0.15, 0.2) is 64.2 Å². The number of aromatic nitrogens is 2. The fourth-order valence-corrected chi connectivity index (χ4v) is 5.62. The predicted molar refractivity (Wildman–Crippen MR) is 113 cm³/mol. The summed E-state index contributed by atoms with van der Waals surface area (Å²) in [4.78, 5) is 12.6. The summed E-state index contributed by atoms with van der Waals surface area (Å²) in [6, 6.07) is 11.8. The zero-order valence-corrected chi connectivity index (χ0v) is 17.6. The number of carbonyl (C=O) groups is 1. The maximum Gasteiger partial charge on any atom is 0.261 e. The lowest BCUT2D eigenvalue weighted by atomic mass is 9.65. The summed E-state index contributed by atoms with van der Waals surface area (Å²) in [5.41, 5.74) is 2.13. The second-order valence-corrected chi connectivity index (χ2v) is 9.86. The van der Waals surface area contributed by atoms with Gasteiger partial charge in [-0.15, -0.1) is 0 Å². The molecule has 1 amide bonds. The van der Waals surface area contributed by atoms with Crippen LogP contribution in [0.3, 0.4) is 0 Å². The van der Waals surface area contributed by atoms with Gasteiger partial charge >= 0.3 is 0 Å². The number of fused-ring (bicyclic) bond motifs is 2. The van der Waals surface area contributed by atoms with E-state index in [2.05, 4.69) is 31.1 Å². The molecule has 0 bridgehead atoms. The van der Waals surface area contributed by atoms with Crippen LogP contribution < -0.4 is 10.0 Å². The highest BCUT2D eigenvalue weighted by molar-refractivity contribution is 9.10. The Morgan fingerprint density at radius 3 is 2.69 bits per heavy atom. The third kappa shape index (κ3) is 2.87. The summed E-state index contributed by atoms with van der Waals surface area (Å²) in [6.45, 7) is 0. The van der Waals surface area contributed by atoms with E-state index < -0.39 is 15.4 Å².